The zero-order valence-electron chi connectivity index (χ0n) is 14.9. The molecular formula is C19H18BrFN4O2. The van der Waals surface area contributed by atoms with Crippen LogP contribution in [0.3, 0.4) is 0 Å². The number of benzene rings is 2. The molecule has 1 aliphatic heterocycles. The van der Waals surface area contributed by atoms with Crippen LogP contribution < -0.4 is 14.8 Å². The maximum Gasteiger partial charge on any atom is 0.163 e. The SMILES string of the molecule is CN(C)C[C@H]1COc2cc3ncnc(Nc4cccc(Br)c4F)c3cc2O1. The van der Waals surface area contributed by atoms with Crippen molar-refractivity contribution in [3.05, 3.63) is 46.9 Å². The van der Waals surface area contributed by atoms with Crippen LogP contribution in [-0.4, -0.2) is 48.2 Å². The van der Waals surface area contributed by atoms with Gasteiger partial charge in [-0.3, -0.25) is 0 Å². The van der Waals surface area contributed by atoms with Crippen molar-refractivity contribution in [2.24, 2.45) is 0 Å². The molecule has 140 valence electrons. The van der Waals surface area contributed by atoms with Crippen LogP contribution >= 0.6 is 15.9 Å². The maximum atomic E-state index is 14.3. The number of hydrogen-bond donors (Lipinski definition) is 1. The number of rotatable bonds is 4. The topological polar surface area (TPSA) is 59.5 Å². The van der Waals surface area contributed by atoms with Crippen molar-refractivity contribution in [3.8, 4) is 11.5 Å². The summed E-state index contributed by atoms with van der Waals surface area (Å²) >= 11 is 3.20. The second-order valence-corrected chi connectivity index (χ2v) is 7.43. The van der Waals surface area contributed by atoms with E-state index in [-0.39, 0.29) is 11.9 Å². The first-order valence-electron chi connectivity index (χ1n) is 8.45. The minimum absolute atomic E-state index is 0.0616. The van der Waals surface area contributed by atoms with E-state index >= 15 is 0 Å². The summed E-state index contributed by atoms with van der Waals surface area (Å²) < 4.78 is 26.6. The molecule has 2 aromatic carbocycles. The molecule has 0 saturated carbocycles. The smallest absolute Gasteiger partial charge is 0.163 e. The highest BCUT2D eigenvalue weighted by molar-refractivity contribution is 9.10. The number of halogens is 2. The lowest BCUT2D eigenvalue weighted by molar-refractivity contribution is 0.0713. The molecule has 4 rings (SSSR count). The highest BCUT2D eigenvalue weighted by Gasteiger charge is 2.23. The molecule has 6 nitrogen and oxygen atoms in total. The lowest BCUT2D eigenvalue weighted by atomic mass is 10.2. The lowest BCUT2D eigenvalue weighted by Crippen LogP contribution is -2.37. The monoisotopic (exact) mass is 432 g/mol. The van der Waals surface area contributed by atoms with Gasteiger partial charge in [0.1, 0.15) is 24.9 Å². The predicted octanol–water partition coefficient (Wildman–Crippen LogP) is 3.98. The second kappa shape index (κ2) is 7.28. The summed E-state index contributed by atoms with van der Waals surface area (Å²) in [6.07, 6.45) is 1.37. The van der Waals surface area contributed by atoms with Crippen LogP contribution in [0.25, 0.3) is 10.9 Å². The van der Waals surface area contributed by atoms with E-state index in [2.05, 4.69) is 31.2 Å². The minimum atomic E-state index is -0.382. The lowest BCUT2D eigenvalue weighted by Gasteiger charge is -2.28. The fourth-order valence-corrected chi connectivity index (χ4v) is 3.36. The Morgan fingerprint density at radius 2 is 2.11 bits per heavy atom. The number of hydrogen-bond acceptors (Lipinski definition) is 6. The largest absolute Gasteiger partial charge is 0.486 e. The number of aromatic nitrogens is 2. The Morgan fingerprint density at radius 3 is 2.93 bits per heavy atom. The molecule has 0 aliphatic carbocycles. The highest BCUT2D eigenvalue weighted by Crippen LogP contribution is 2.38. The molecule has 0 spiro atoms. The van der Waals surface area contributed by atoms with Crippen molar-refractivity contribution >= 4 is 38.3 Å². The van der Waals surface area contributed by atoms with E-state index < -0.39 is 0 Å². The third-order valence-electron chi connectivity index (χ3n) is 4.19. The second-order valence-electron chi connectivity index (χ2n) is 6.58. The van der Waals surface area contributed by atoms with Crippen molar-refractivity contribution in [3.63, 3.8) is 0 Å². The third kappa shape index (κ3) is 3.68. The van der Waals surface area contributed by atoms with Crippen LogP contribution in [0.5, 0.6) is 11.5 Å². The first-order chi connectivity index (χ1) is 13.0. The van der Waals surface area contributed by atoms with Gasteiger partial charge in [-0.05, 0) is 48.2 Å². The fourth-order valence-electron chi connectivity index (χ4n) is 2.99. The Hall–Kier alpha value is -2.45. The van der Waals surface area contributed by atoms with Gasteiger partial charge in [0.25, 0.3) is 0 Å². The molecule has 0 radical (unpaired) electrons. The van der Waals surface area contributed by atoms with Crippen LogP contribution in [0.2, 0.25) is 0 Å². The molecule has 0 fully saturated rings. The summed E-state index contributed by atoms with van der Waals surface area (Å²) in [6.45, 7) is 1.23. The zero-order chi connectivity index (χ0) is 19.0. The quantitative estimate of drug-likeness (QED) is 0.672. The van der Waals surface area contributed by atoms with Crippen molar-refractivity contribution in [2.75, 3.05) is 32.6 Å². The Labute approximate surface area is 164 Å². The van der Waals surface area contributed by atoms with Gasteiger partial charge in [0.15, 0.2) is 17.3 Å². The van der Waals surface area contributed by atoms with E-state index in [1.54, 1.807) is 18.2 Å². The van der Waals surface area contributed by atoms with Gasteiger partial charge >= 0.3 is 0 Å². The van der Waals surface area contributed by atoms with Crippen LogP contribution in [0.1, 0.15) is 0 Å². The minimum Gasteiger partial charge on any atom is -0.486 e. The van der Waals surface area contributed by atoms with Crippen molar-refractivity contribution in [2.45, 2.75) is 6.10 Å². The zero-order valence-corrected chi connectivity index (χ0v) is 16.5. The number of nitrogens with one attached hydrogen (secondary N) is 1. The molecule has 0 unspecified atom stereocenters. The summed E-state index contributed by atoms with van der Waals surface area (Å²) in [5, 5.41) is 3.77. The number of fused-ring (bicyclic) bond motifs is 2. The molecular weight excluding hydrogens is 415 g/mol. The molecule has 0 bridgehead atoms. The normalized spacial score (nSPS) is 16.0. The van der Waals surface area contributed by atoms with Crippen molar-refractivity contribution in [1.82, 2.24) is 14.9 Å². The predicted molar refractivity (Wildman–Crippen MR) is 105 cm³/mol. The Bertz CT molecular complexity index is 999. The van der Waals surface area contributed by atoms with Crippen LogP contribution in [0.4, 0.5) is 15.9 Å². The van der Waals surface area contributed by atoms with E-state index in [1.807, 2.05) is 31.1 Å². The van der Waals surface area contributed by atoms with E-state index in [0.717, 1.165) is 11.9 Å². The summed E-state index contributed by atoms with van der Waals surface area (Å²) in [6, 6.07) is 8.71. The van der Waals surface area contributed by atoms with Gasteiger partial charge in [0.2, 0.25) is 0 Å². The number of ether oxygens (including phenoxy) is 2. The highest BCUT2D eigenvalue weighted by atomic mass is 79.9. The molecule has 1 N–H and O–H groups in total. The first kappa shape index (κ1) is 17.9. The van der Waals surface area contributed by atoms with Gasteiger partial charge < -0.3 is 19.7 Å². The Morgan fingerprint density at radius 1 is 1.26 bits per heavy atom. The molecule has 27 heavy (non-hydrogen) atoms. The molecule has 0 amide bonds. The number of nitrogens with zero attached hydrogens (tertiary/aromatic N) is 3. The van der Waals surface area contributed by atoms with Crippen LogP contribution in [0.15, 0.2) is 41.1 Å². The molecule has 1 atom stereocenters. The number of likely N-dealkylation sites (N-methyl/N-ethyl adjacent to an activating group) is 1. The summed E-state index contributed by atoms with van der Waals surface area (Å²) in [5.41, 5.74) is 1.01. The van der Waals surface area contributed by atoms with E-state index in [4.69, 9.17) is 9.47 Å². The van der Waals surface area contributed by atoms with Crippen LogP contribution in [-0.2, 0) is 0 Å². The molecule has 1 aromatic heterocycles. The summed E-state index contributed by atoms with van der Waals surface area (Å²) in [5.74, 6) is 1.40. The molecule has 3 aromatic rings. The van der Waals surface area contributed by atoms with Gasteiger partial charge in [-0.2, -0.15) is 0 Å². The van der Waals surface area contributed by atoms with Gasteiger partial charge in [0, 0.05) is 18.0 Å². The molecule has 2 heterocycles. The van der Waals surface area contributed by atoms with Crippen molar-refractivity contribution < 1.29 is 13.9 Å². The first-order valence-corrected chi connectivity index (χ1v) is 9.24. The van der Waals surface area contributed by atoms with Crippen LogP contribution in [0, 0.1) is 5.82 Å². The third-order valence-corrected chi connectivity index (χ3v) is 4.81. The summed E-state index contributed by atoms with van der Waals surface area (Å²) in [7, 11) is 3.98. The van der Waals surface area contributed by atoms with Gasteiger partial charge in [-0.1, -0.05) is 6.07 Å². The standard InChI is InChI=1S/C19H18BrFN4O2/c1-25(2)8-11-9-26-16-7-15-12(6-17(16)27-11)19(23-10-22-15)24-14-5-3-4-13(20)18(14)21/h3-7,10-11H,8-9H2,1-2H3,(H,22,23,24)/t11-/m0/s1. The Kier molecular flexibility index (Phi) is 4.84. The summed E-state index contributed by atoms with van der Waals surface area (Å²) in [4.78, 5) is 10.6. The van der Waals surface area contributed by atoms with E-state index in [1.165, 1.54) is 6.33 Å². The average Bonchev–Trinajstić information content (AvgIpc) is 2.64. The molecule has 0 saturated heterocycles. The Balaban J connectivity index is 1.71. The molecule has 1 aliphatic rings. The van der Waals surface area contributed by atoms with Crippen molar-refractivity contribution in [1.29, 1.82) is 0 Å². The number of anilines is 2. The van der Waals surface area contributed by atoms with E-state index in [9.17, 15) is 4.39 Å². The maximum absolute atomic E-state index is 14.3. The van der Waals surface area contributed by atoms with Gasteiger partial charge in [-0.15, -0.1) is 0 Å². The average molecular weight is 433 g/mol. The fraction of sp³-hybridized carbons (Fsp3) is 0.263. The molecule has 8 heteroatoms. The van der Waals surface area contributed by atoms with E-state index in [0.29, 0.717) is 39.6 Å². The van der Waals surface area contributed by atoms with Gasteiger partial charge in [0.05, 0.1) is 15.7 Å². The van der Waals surface area contributed by atoms with Gasteiger partial charge in [-0.25, -0.2) is 14.4 Å².